The van der Waals surface area contributed by atoms with E-state index in [2.05, 4.69) is 31.3 Å². The number of hydrogen-bond acceptors (Lipinski definition) is 2. The maximum absolute atomic E-state index is 12.1. The monoisotopic (exact) mass is 297 g/mol. The number of benzene rings is 2. The van der Waals surface area contributed by atoms with Gasteiger partial charge < -0.3 is 10.1 Å². The normalized spacial score (nSPS) is 10.5. The number of rotatable bonds is 6. The average Bonchev–Trinajstić information content (AvgIpc) is 2.49. The highest BCUT2D eigenvalue weighted by Crippen LogP contribution is 2.15. The van der Waals surface area contributed by atoms with E-state index in [-0.39, 0.29) is 5.91 Å². The largest absolute Gasteiger partial charge is 0.497 e. The molecule has 116 valence electrons. The number of hydrogen-bond donors (Lipinski definition) is 1. The van der Waals surface area contributed by atoms with Crippen molar-refractivity contribution in [2.24, 2.45) is 5.92 Å². The van der Waals surface area contributed by atoms with E-state index < -0.39 is 0 Å². The van der Waals surface area contributed by atoms with Crippen molar-refractivity contribution < 1.29 is 9.53 Å². The third-order valence-corrected chi connectivity index (χ3v) is 3.41. The van der Waals surface area contributed by atoms with Gasteiger partial charge in [0.05, 0.1) is 13.5 Å². The van der Waals surface area contributed by atoms with Crippen LogP contribution in [0.4, 0.5) is 5.69 Å². The van der Waals surface area contributed by atoms with E-state index in [1.807, 2.05) is 36.4 Å². The number of amides is 1. The summed E-state index contributed by atoms with van der Waals surface area (Å²) in [4.78, 5) is 12.1. The fourth-order valence-corrected chi connectivity index (χ4v) is 2.33. The van der Waals surface area contributed by atoms with Crippen LogP contribution in [0.3, 0.4) is 0 Å². The fourth-order valence-electron chi connectivity index (χ4n) is 2.33. The quantitative estimate of drug-likeness (QED) is 0.872. The van der Waals surface area contributed by atoms with Gasteiger partial charge in [0.15, 0.2) is 0 Å². The Hall–Kier alpha value is -2.29. The van der Waals surface area contributed by atoms with E-state index in [4.69, 9.17) is 4.74 Å². The molecule has 0 fully saturated rings. The lowest BCUT2D eigenvalue weighted by atomic mass is 10.0. The second kappa shape index (κ2) is 7.64. The Bertz CT molecular complexity index is 600. The van der Waals surface area contributed by atoms with Gasteiger partial charge in [-0.05, 0) is 47.7 Å². The summed E-state index contributed by atoms with van der Waals surface area (Å²) >= 11 is 0. The molecule has 0 aliphatic carbocycles. The van der Waals surface area contributed by atoms with Crippen LogP contribution in [0, 0.1) is 5.92 Å². The maximum atomic E-state index is 12.1. The van der Waals surface area contributed by atoms with Gasteiger partial charge in [0.2, 0.25) is 5.91 Å². The van der Waals surface area contributed by atoms with Crippen molar-refractivity contribution in [2.45, 2.75) is 26.7 Å². The predicted molar refractivity (Wildman–Crippen MR) is 90.3 cm³/mol. The number of carbonyl (C=O) groups excluding carboxylic acids is 1. The highest BCUT2D eigenvalue weighted by atomic mass is 16.5. The van der Waals surface area contributed by atoms with Crippen LogP contribution >= 0.6 is 0 Å². The number of carbonyl (C=O) groups is 1. The summed E-state index contributed by atoms with van der Waals surface area (Å²) in [6, 6.07) is 15.6. The van der Waals surface area contributed by atoms with Gasteiger partial charge in [-0.3, -0.25) is 4.79 Å². The van der Waals surface area contributed by atoms with Crippen molar-refractivity contribution in [1.29, 1.82) is 0 Å². The lowest BCUT2D eigenvalue weighted by Crippen LogP contribution is -2.14. The van der Waals surface area contributed by atoms with Gasteiger partial charge in [0, 0.05) is 5.69 Å². The molecule has 0 saturated heterocycles. The highest BCUT2D eigenvalue weighted by molar-refractivity contribution is 5.92. The molecule has 3 heteroatoms. The Balaban J connectivity index is 1.90. The molecule has 0 spiro atoms. The molecule has 3 nitrogen and oxygen atoms in total. The second-order valence-electron chi connectivity index (χ2n) is 5.87. The number of anilines is 1. The summed E-state index contributed by atoms with van der Waals surface area (Å²) in [7, 11) is 1.62. The molecule has 0 aliphatic rings. The third kappa shape index (κ3) is 4.92. The van der Waals surface area contributed by atoms with Crippen LogP contribution in [0.2, 0.25) is 0 Å². The second-order valence-corrected chi connectivity index (χ2v) is 5.87. The number of ether oxygens (including phenoxy) is 1. The van der Waals surface area contributed by atoms with Crippen molar-refractivity contribution in [3.05, 3.63) is 59.7 Å². The van der Waals surface area contributed by atoms with Crippen LogP contribution in [-0.4, -0.2) is 13.0 Å². The summed E-state index contributed by atoms with van der Waals surface area (Å²) in [5.74, 6) is 1.41. The van der Waals surface area contributed by atoms with Crippen LogP contribution < -0.4 is 10.1 Å². The lowest BCUT2D eigenvalue weighted by Gasteiger charge is -2.08. The van der Waals surface area contributed by atoms with Crippen molar-refractivity contribution >= 4 is 11.6 Å². The van der Waals surface area contributed by atoms with Crippen molar-refractivity contribution in [2.75, 3.05) is 12.4 Å². The molecule has 0 radical (unpaired) electrons. The zero-order chi connectivity index (χ0) is 15.9. The molecule has 0 aliphatic heterocycles. The van der Waals surface area contributed by atoms with E-state index >= 15 is 0 Å². The molecule has 0 atom stereocenters. The third-order valence-electron chi connectivity index (χ3n) is 3.41. The summed E-state index contributed by atoms with van der Waals surface area (Å²) in [6.45, 7) is 4.41. The first-order valence-electron chi connectivity index (χ1n) is 7.58. The van der Waals surface area contributed by atoms with Gasteiger partial charge in [0.1, 0.15) is 5.75 Å². The molecule has 1 amide bonds. The van der Waals surface area contributed by atoms with E-state index in [1.165, 1.54) is 5.56 Å². The van der Waals surface area contributed by atoms with Gasteiger partial charge in [0.25, 0.3) is 0 Å². The molecule has 0 bridgehead atoms. The Labute approximate surface area is 132 Å². The summed E-state index contributed by atoms with van der Waals surface area (Å²) < 4.78 is 5.10. The fraction of sp³-hybridized carbons (Fsp3) is 0.316. The van der Waals surface area contributed by atoms with E-state index in [1.54, 1.807) is 7.11 Å². The number of nitrogens with one attached hydrogen (secondary N) is 1. The smallest absolute Gasteiger partial charge is 0.228 e. The van der Waals surface area contributed by atoms with Gasteiger partial charge in [-0.1, -0.05) is 38.1 Å². The summed E-state index contributed by atoms with van der Waals surface area (Å²) in [5, 5.41) is 2.89. The zero-order valence-electron chi connectivity index (χ0n) is 13.4. The first-order chi connectivity index (χ1) is 10.6. The SMILES string of the molecule is COc1ccc(NC(=O)Cc2ccc(CC(C)C)cc2)cc1. The highest BCUT2D eigenvalue weighted by Gasteiger charge is 2.05. The van der Waals surface area contributed by atoms with Gasteiger partial charge in [-0.2, -0.15) is 0 Å². The first-order valence-corrected chi connectivity index (χ1v) is 7.58. The van der Waals surface area contributed by atoms with Crippen molar-refractivity contribution in [3.63, 3.8) is 0 Å². The topological polar surface area (TPSA) is 38.3 Å². The molecular weight excluding hydrogens is 274 g/mol. The van der Waals surface area contributed by atoms with Crippen LogP contribution in [0.5, 0.6) is 5.75 Å². The van der Waals surface area contributed by atoms with E-state index in [9.17, 15) is 4.79 Å². The van der Waals surface area contributed by atoms with Crippen LogP contribution in [0.1, 0.15) is 25.0 Å². The molecule has 2 rings (SSSR count). The average molecular weight is 297 g/mol. The minimum absolute atomic E-state index is 0.0122. The Morgan fingerprint density at radius 3 is 2.14 bits per heavy atom. The standard InChI is InChI=1S/C19H23NO2/c1-14(2)12-15-4-6-16(7-5-15)13-19(21)20-17-8-10-18(22-3)11-9-17/h4-11,14H,12-13H2,1-3H3,(H,20,21). The van der Waals surface area contributed by atoms with Crippen LogP contribution in [0.25, 0.3) is 0 Å². The molecule has 0 heterocycles. The number of methoxy groups -OCH3 is 1. The van der Waals surface area contributed by atoms with Crippen molar-refractivity contribution in [1.82, 2.24) is 0 Å². The molecule has 0 aromatic heterocycles. The minimum atomic E-state index is -0.0122. The molecule has 0 saturated carbocycles. The van der Waals surface area contributed by atoms with Crippen LogP contribution in [-0.2, 0) is 17.6 Å². The van der Waals surface area contributed by atoms with E-state index in [0.29, 0.717) is 12.3 Å². The van der Waals surface area contributed by atoms with E-state index in [0.717, 1.165) is 23.4 Å². The zero-order valence-corrected chi connectivity index (χ0v) is 13.4. The molecule has 2 aromatic carbocycles. The first kappa shape index (κ1) is 16.1. The lowest BCUT2D eigenvalue weighted by molar-refractivity contribution is -0.115. The van der Waals surface area contributed by atoms with Gasteiger partial charge >= 0.3 is 0 Å². The maximum Gasteiger partial charge on any atom is 0.228 e. The molecule has 22 heavy (non-hydrogen) atoms. The molecule has 1 N–H and O–H groups in total. The van der Waals surface area contributed by atoms with Crippen molar-refractivity contribution in [3.8, 4) is 5.75 Å². The Morgan fingerprint density at radius 2 is 1.59 bits per heavy atom. The molecule has 2 aromatic rings. The minimum Gasteiger partial charge on any atom is -0.497 e. The van der Waals surface area contributed by atoms with Gasteiger partial charge in [-0.25, -0.2) is 0 Å². The van der Waals surface area contributed by atoms with Crippen LogP contribution in [0.15, 0.2) is 48.5 Å². The molecule has 0 unspecified atom stereocenters. The predicted octanol–water partition coefficient (Wildman–Crippen LogP) is 4.07. The summed E-state index contributed by atoms with van der Waals surface area (Å²) in [6.07, 6.45) is 1.45. The summed E-state index contributed by atoms with van der Waals surface area (Å²) in [5.41, 5.74) is 3.12. The Kier molecular flexibility index (Phi) is 5.59. The van der Waals surface area contributed by atoms with Gasteiger partial charge in [-0.15, -0.1) is 0 Å². The Morgan fingerprint density at radius 1 is 1.00 bits per heavy atom. The molecular formula is C19H23NO2.